The van der Waals surface area contributed by atoms with Gasteiger partial charge >= 0.3 is 0 Å². The largest absolute Gasteiger partial charge is 0.278 e. The average Bonchev–Trinajstić information content (AvgIpc) is 2.34. The number of fused-ring (bicyclic) bond motifs is 1. The van der Waals surface area contributed by atoms with Crippen molar-refractivity contribution in [2.45, 2.75) is 0 Å². The summed E-state index contributed by atoms with van der Waals surface area (Å²) in [6, 6.07) is 0. The summed E-state index contributed by atoms with van der Waals surface area (Å²) in [6.45, 7) is 0. The van der Waals surface area contributed by atoms with Crippen LogP contribution < -0.4 is 4.74 Å². The Morgan fingerprint density at radius 2 is 2.30 bits per heavy atom. The maximum Gasteiger partial charge on any atom is 0.278 e. The van der Waals surface area contributed by atoms with Gasteiger partial charge in [0.15, 0.2) is 10.4 Å². The maximum absolute atomic E-state index is 11.0. The lowest BCUT2D eigenvalue weighted by Crippen LogP contribution is -1.94. The Balaban J connectivity index is 2.81. The highest BCUT2D eigenvalue weighted by Gasteiger charge is 2.15. The van der Waals surface area contributed by atoms with Gasteiger partial charge in [0.25, 0.3) is 4.74 Å². The third kappa shape index (κ3) is 0.762. The number of allylic oxidation sites excluding steroid dienone is 2. The molecule has 1 heterocycles. The van der Waals surface area contributed by atoms with E-state index < -0.39 is 0 Å². The van der Waals surface area contributed by atoms with Crippen LogP contribution in [0.15, 0.2) is 10.9 Å². The Morgan fingerprint density at radius 1 is 1.40 bits per heavy atom. The standard InChI is InChI=1S/C7H3OS2/c8-7-5-3-1-2-4-6(5)9-10-7/h1,3-4H/q+1. The molecule has 0 atom stereocenters. The van der Waals surface area contributed by atoms with Crippen molar-refractivity contribution >= 4 is 32.8 Å². The SMILES string of the molecule is O=c1ssc2c1C=C[C+]=C2. The molecule has 0 amide bonds. The zero-order chi connectivity index (χ0) is 6.97. The van der Waals surface area contributed by atoms with Gasteiger partial charge in [-0.2, -0.15) is 0 Å². The fraction of sp³-hybridized carbons (Fsp3) is 0. The summed E-state index contributed by atoms with van der Waals surface area (Å²) >= 11 is 0. The molecule has 0 radical (unpaired) electrons. The fourth-order valence-corrected chi connectivity index (χ4v) is 2.82. The number of rotatable bonds is 0. The van der Waals surface area contributed by atoms with E-state index in [2.05, 4.69) is 6.08 Å². The van der Waals surface area contributed by atoms with Crippen LogP contribution >= 0.6 is 20.7 Å². The summed E-state index contributed by atoms with van der Waals surface area (Å²) < 4.78 is 0.161. The molecule has 0 saturated heterocycles. The van der Waals surface area contributed by atoms with Crippen LogP contribution in [-0.4, -0.2) is 0 Å². The molecule has 0 spiro atoms. The Bertz CT molecular complexity index is 354. The third-order valence-corrected chi connectivity index (χ3v) is 3.47. The van der Waals surface area contributed by atoms with Crippen LogP contribution in [0.5, 0.6) is 0 Å². The highest BCUT2D eigenvalue weighted by atomic mass is 32.9. The Morgan fingerprint density at radius 3 is 3.10 bits per heavy atom. The first kappa shape index (κ1) is 5.98. The topological polar surface area (TPSA) is 17.1 Å². The highest BCUT2D eigenvalue weighted by molar-refractivity contribution is 7.68. The summed E-state index contributed by atoms with van der Waals surface area (Å²) in [5.74, 6) is 0. The zero-order valence-electron chi connectivity index (χ0n) is 4.96. The second kappa shape index (κ2) is 2.13. The minimum Gasteiger partial charge on any atom is -0.273 e. The normalized spacial score (nSPS) is 12.8. The van der Waals surface area contributed by atoms with Gasteiger partial charge in [0.2, 0.25) is 0 Å². The summed E-state index contributed by atoms with van der Waals surface area (Å²) in [6.07, 6.45) is 8.35. The van der Waals surface area contributed by atoms with E-state index >= 15 is 0 Å². The van der Waals surface area contributed by atoms with Crippen molar-refractivity contribution in [2.24, 2.45) is 0 Å². The van der Waals surface area contributed by atoms with Crippen LogP contribution in [0.25, 0.3) is 12.2 Å². The third-order valence-electron chi connectivity index (χ3n) is 1.25. The van der Waals surface area contributed by atoms with Crippen LogP contribution in [0.2, 0.25) is 0 Å². The predicted octanol–water partition coefficient (Wildman–Crippen LogP) is 2.01. The summed E-state index contributed by atoms with van der Waals surface area (Å²) in [5, 5.41) is 0. The monoisotopic (exact) mass is 167 g/mol. The Labute approximate surface area is 65.3 Å². The Kier molecular flexibility index (Phi) is 1.27. The molecule has 0 bridgehead atoms. The van der Waals surface area contributed by atoms with Crippen molar-refractivity contribution in [3.05, 3.63) is 32.1 Å². The fourth-order valence-electron chi connectivity index (χ4n) is 0.780. The highest BCUT2D eigenvalue weighted by Crippen LogP contribution is 2.21. The molecule has 0 aromatic carbocycles. The van der Waals surface area contributed by atoms with Crippen molar-refractivity contribution in [3.8, 4) is 0 Å². The number of hydrogen-bond acceptors (Lipinski definition) is 3. The zero-order valence-corrected chi connectivity index (χ0v) is 6.59. The molecule has 10 heavy (non-hydrogen) atoms. The minimum absolute atomic E-state index is 0.161. The van der Waals surface area contributed by atoms with Crippen molar-refractivity contribution < 1.29 is 0 Å². The van der Waals surface area contributed by atoms with Gasteiger partial charge in [-0.05, 0) is 20.7 Å². The van der Waals surface area contributed by atoms with Gasteiger partial charge in [-0.15, -0.1) is 0 Å². The van der Waals surface area contributed by atoms with Crippen LogP contribution in [0.1, 0.15) is 10.4 Å². The Hall–Kier alpha value is -0.760. The molecule has 3 heteroatoms. The molecule has 1 aromatic rings. The molecule has 0 aliphatic heterocycles. The molecule has 2 rings (SSSR count). The molecule has 0 unspecified atom stereocenters. The van der Waals surface area contributed by atoms with Crippen LogP contribution in [0, 0.1) is 6.08 Å². The van der Waals surface area contributed by atoms with Crippen molar-refractivity contribution in [1.82, 2.24) is 0 Å². The van der Waals surface area contributed by atoms with E-state index in [-0.39, 0.29) is 4.74 Å². The van der Waals surface area contributed by atoms with Crippen molar-refractivity contribution in [2.75, 3.05) is 0 Å². The molecule has 1 nitrogen and oxygen atoms in total. The molecule has 0 fully saturated rings. The average molecular weight is 167 g/mol. The number of hydrogen-bond donors (Lipinski definition) is 0. The second-order valence-electron chi connectivity index (χ2n) is 1.88. The van der Waals surface area contributed by atoms with E-state index in [9.17, 15) is 4.79 Å². The first-order valence-electron chi connectivity index (χ1n) is 2.77. The molecule has 48 valence electrons. The predicted molar refractivity (Wildman–Crippen MR) is 45.2 cm³/mol. The van der Waals surface area contributed by atoms with E-state index in [0.29, 0.717) is 0 Å². The summed E-state index contributed by atoms with van der Waals surface area (Å²) in [5.41, 5.74) is 0.828. The van der Waals surface area contributed by atoms with E-state index in [1.54, 1.807) is 6.08 Å². The molecule has 1 aliphatic carbocycles. The van der Waals surface area contributed by atoms with Crippen molar-refractivity contribution in [1.29, 1.82) is 0 Å². The van der Waals surface area contributed by atoms with Gasteiger partial charge in [-0.3, -0.25) is 4.79 Å². The molecular weight excluding hydrogens is 164 g/mol. The minimum atomic E-state index is 0.161. The van der Waals surface area contributed by atoms with Gasteiger partial charge in [-0.1, -0.05) is 0 Å². The van der Waals surface area contributed by atoms with Crippen LogP contribution in [0.3, 0.4) is 0 Å². The molecule has 0 saturated carbocycles. The van der Waals surface area contributed by atoms with Crippen LogP contribution in [0.4, 0.5) is 0 Å². The van der Waals surface area contributed by atoms with Gasteiger partial charge in [0.1, 0.15) is 12.2 Å². The summed E-state index contributed by atoms with van der Waals surface area (Å²) in [7, 11) is 2.80. The van der Waals surface area contributed by atoms with E-state index in [1.165, 1.54) is 20.7 Å². The van der Waals surface area contributed by atoms with E-state index in [0.717, 1.165) is 10.4 Å². The first-order valence-corrected chi connectivity index (χ1v) is 4.92. The summed E-state index contributed by atoms with van der Waals surface area (Å²) in [4.78, 5) is 12.0. The van der Waals surface area contributed by atoms with E-state index in [4.69, 9.17) is 0 Å². The smallest absolute Gasteiger partial charge is 0.273 e. The van der Waals surface area contributed by atoms with Crippen LogP contribution in [-0.2, 0) is 0 Å². The van der Waals surface area contributed by atoms with Crippen molar-refractivity contribution in [3.63, 3.8) is 0 Å². The quantitative estimate of drug-likeness (QED) is 0.426. The van der Waals surface area contributed by atoms with Gasteiger partial charge < -0.3 is 0 Å². The van der Waals surface area contributed by atoms with Gasteiger partial charge in [0, 0.05) is 6.08 Å². The molecule has 1 aromatic heterocycles. The van der Waals surface area contributed by atoms with E-state index in [1.807, 2.05) is 12.2 Å². The lowest BCUT2D eigenvalue weighted by molar-refractivity contribution is 1.71. The first-order chi connectivity index (χ1) is 4.88. The van der Waals surface area contributed by atoms with Gasteiger partial charge in [0.05, 0.1) is 6.08 Å². The lowest BCUT2D eigenvalue weighted by Gasteiger charge is -1.79. The molecule has 0 N–H and O–H groups in total. The second-order valence-corrected chi connectivity index (χ2v) is 4.02. The molecular formula is C7H3OS2+. The molecule has 1 aliphatic rings. The van der Waals surface area contributed by atoms with Gasteiger partial charge in [-0.25, -0.2) is 0 Å². The maximum atomic E-state index is 11.0. The lowest BCUT2D eigenvalue weighted by atomic mass is 10.2.